The van der Waals surface area contributed by atoms with Crippen molar-refractivity contribution in [2.45, 2.75) is 5.60 Å². The zero-order chi connectivity index (χ0) is 22.3. The number of terminal acetylenes is 1. The van der Waals surface area contributed by atoms with Gasteiger partial charge in [-0.15, -0.1) is 6.42 Å². The fourth-order valence-electron chi connectivity index (χ4n) is 2.94. The number of carbonyl (C=O) groups excluding carboxylic acids is 1. The van der Waals surface area contributed by atoms with Crippen LogP contribution in [0.25, 0.3) is 0 Å². The summed E-state index contributed by atoms with van der Waals surface area (Å²) in [5.41, 5.74) is 2.12. The number of nitrogens with zero attached hydrogens (tertiary/aromatic N) is 1. The second kappa shape index (κ2) is 10.4. The van der Waals surface area contributed by atoms with E-state index < -0.39 is 11.5 Å². The number of aliphatic hydroxyl groups is 1. The Kier molecular flexibility index (Phi) is 7.64. The number of halogens is 2. The predicted molar refractivity (Wildman–Crippen MR) is 128 cm³/mol. The van der Waals surface area contributed by atoms with Gasteiger partial charge in [-0.25, -0.2) is 5.43 Å². The van der Waals surface area contributed by atoms with Gasteiger partial charge in [-0.3, -0.25) is 4.79 Å². The fourth-order valence-corrected chi connectivity index (χ4v) is 4.39. The maximum absolute atomic E-state index is 13.0. The van der Waals surface area contributed by atoms with Gasteiger partial charge in [0.1, 0.15) is 12.4 Å². The van der Waals surface area contributed by atoms with Crippen molar-refractivity contribution in [3.63, 3.8) is 0 Å². The third-order valence-electron chi connectivity index (χ3n) is 4.41. The Balaban J connectivity index is 1.84. The second-order valence-corrected chi connectivity index (χ2v) is 8.16. The molecule has 3 aromatic rings. The number of ether oxygens (including phenoxy) is 1. The molecular formula is C24H18Br2N2O3. The molecule has 0 bridgehead atoms. The summed E-state index contributed by atoms with van der Waals surface area (Å²) in [4.78, 5) is 13.0. The summed E-state index contributed by atoms with van der Waals surface area (Å²) in [5.74, 6) is 2.31. The lowest BCUT2D eigenvalue weighted by molar-refractivity contribution is -0.136. The molecule has 0 fully saturated rings. The molecule has 2 N–H and O–H groups in total. The summed E-state index contributed by atoms with van der Waals surface area (Å²) in [7, 11) is 0. The quantitative estimate of drug-likeness (QED) is 0.261. The Labute approximate surface area is 197 Å². The van der Waals surface area contributed by atoms with E-state index in [0.717, 1.165) is 0 Å². The molecule has 0 aliphatic rings. The van der Waals surface area contributed by atoms with E-state index in [4.69, 9.17) is 11.2 Å². The Morgan fingerprint density at radius 3 is 2.06 bits per heavy atom. The molecular weight excluding hydrogens is 524 g/mol. The number of hydrogen-bond donors (Lipinski definition) is 2. The van der Waals surface area contributed by atoms with Gasteiger partial charge in [-0.05, 0) is 60.7 Å². The van der Waals surface area contributed by atoms with Crippen molar-refractivity contribution >= 4 is 44.0 Å². The zero-order valence-corrected chi connectivity index (χ0v) is 19.4. The molecule has 0 aromatic heterocycles. The summed E-state index contributed by atoms with van der Waals surface area (Å²) in [6.45, 7) is 0.137. The molecule has 0 saturated heterocycles. The summed E-state index contributed by atoms with van der Waals surface area (Å²) in [6, 6.07) is 21.0. The van der Waals surface area contributed by atoms with Gasteiger partial charge in [0.2, 0.25) is 0 Å². The Bertz CT molecular complexity index is 1060. The molecule has 0 aliphatic heterocycles. The van der Waals surface area contributed by atoms with Crippen molar-refractivity contribution in [1.29, 1.82) is 0 Å². The van der Waals surface area contributed by atoms with Crippen LogP contribution in [0.4, 0.5) is 0 Å². The molecule has 0 spiro atoms. The second-order valence-electron chi connectivity index (χ2n) is 6.45. The number of hydrogen-bond acceptors (Lipinski definition) is 4. The highest BCUT2D eigenvalue weighted by atomic mass is 79.9. The maximum Gasteiger partial charge on any atom is 0.281 e. The molecule has 0 radical (unpaired) electrons. The predicted octanol–water partition coefficient (Wildman–Crippen LogP) is 4.61. The number of benzene rings is 3. The minimum absolute atomic E-state index is 0.137. The Hall–Kier alpha value is -2.92. The van der Waals surface area contributed by atoms with Gasteiger partial charge < -0.3 is 9.84 Å². The number of rotatable bonds is 7. The third kappa shape index (κ3) is 5.23. The van der Waals surface area contributed by atoms with Gasteiger partial charge in [0, 0.05) is 0 Å². The smallest absolute Gasteiger partial charge is 0.281 e. The number of nitrogens with one attached hydrogen (secondary N) is 1. The van der Waals surface area contributed by atoms with Crippen LogP contribution >= 0.6 is 31.9 Å². The maximum atomic E-state index is 13.0. The van der Waals surface area contributed by atoms with Crippen molar-refractivity contribution < 1.29 is 14.6 Å². The zero-order valence-electron chi connectivity index (χ0n) is 16.3. The molecule has 3 aromatic carbocycles. The van der Waals surface area contributed by atoms with Crippen molar-refractivity contribution in [2.75, 3.05) is 6.61 Å². The standard InChI is InChI=1S/C24H18Br2N2O3/c1-2-13-31-22-20(25)14-17(15-21(22)26)16-27-28-23(29)24(30,18-9-5-3-6-10-18)19-11-7-4-8-12-19/h1,3-12,14-16,30H,13H2,(H,28,29). The van der Waals surface area contributed by atoms with Crippen LogP contribution in [0.15, 0.2) is 86.8 Å². The first-order valence-corrected chi connectivity index (χ1v) is 10.8. The third-order valence-corrected chi connectivity index (χ3v) is 5.59. The first-order chi connectivity index (χ1) is 15.0. The summed E-state index contributed by atoms with van der Waals surface area (Å²) in [6.07, 6.45) is 6.70. The average molecular weight is 542 g/mol. The van der Waals surface area contributed by atoms with Gasteiger partial charge in [0.15, 0.2) is 5.60 Å². The van der Waals surface area contributed by atoms with Crippen molar-refractivity contribution in [2.24, 2.45) is 5.10 Å². The highest BCUT2D eigenvalue weighted by Crippen LogP contribution is 2.34. The van der Waals surface area contributed by atoms with E-state index >= 15 is 0 Å². The molecule has 0 heterocycles. The SMILES string of the molecule is C#CCOc1c(Br)cc(C=NNC(=O)C(O)(c2ccccc2)c2ccccc2)cc1Br. The van der Waals surface area contributed by atoms with Gasteiger partial charge in [-0.2, -0.15) is 5.10 Å². The highest BCUT2D eigenvalue weighted by molar-refractivity contribution is 9.11. The monoisotopic (exact) mass is 540 g/mol. The molecule has 0 saturated carbocycles. The molecule has 0 atom stereocenters. The Morgan fingerprint density at radius 1 is 1.06 bits per heavy atom. The molecule has 0 aliphatic carbocycles. The highest BCUT2D eigenvalue weighted by Gasteiger charge is 2.39. The largest absolute Gasteiger partial charge is 0.479 e. The van der Waals surface area contributed by atoms with Crippen LogP contribution in [0.3, 0.4) is 0 Å². The van der Waals surface area contributed by atoms with Crippen molar-refractivity contribution in [1.82, 2.24) is 5.43 Å². The normalized spacial score (nSPS) is 11.2. The van der Waals surface area contributed by atoms with Crippen LogP contribution in [-0.2, 0) is 10.4 Å². The molecule has 156 valence electrons. The Morgan fingerprint density at radius 2 is 1.58 bits per heavy atom. The van der Waals surface area contributed by atoms with Crippen LogP contribution in [0.2, 0.25) is 0 Å². The molecule has 1 amide bonds. The van der Waals surface area contributed by atoms with Crippen LogP contribution in [0.5, 0.6) is 5.75 Å². The number of carbonyl (C=O) groups is 1. The number of hydrazone groups is 1. The van der Waals surface area contributed by atoms with E-state index in [1.165, 1.54) is 6.21 Å². The summed E-state index contributed by atoms with van der Waals surface area (Å²) >= 11 is 6.86. The van der Waals surface area contributed by atoms with Crippen LogP contribution in [0.1, 0.15) is 16.7 Å². The summed E-state index contributed by atoms with van der Waals surface area (Å²) < 4.78 is 6.83. The number of amides is 1. The van der Waals surface area contributed by atoms with E-state index in [2.05, 4.69) is 48.3 Å². The van der Waals surface area contributed by atoms with Crippen LogP contribution < -0.4 is 10.2 Å². The summed E-state index contributed by atoms with van der Waals surface area (Å²) in [5, 5.41) is 15.4. The minimum atomic E-state index is -1.89. The fraction of sp³-hybridized carbons (Fsp3) is 0.0833. The van der Waals surface area contributed by atoms with Crippen LogP contribution in [-0.4, -0.2) is 23.8 Å². The van der Waals surface area contributed by atoms with E-state index in [0.29, 0.717) is 31.4 Å². The topological polar surface area (TPSA) is 70.9 Å². The van der Waals surface area contributed by atoms with Gasteiger partial charge >= 0.3 is 0 Å². The van der Waals surface area contributed by atoms with E-state index in [1.807, 2.05) is 12.1 Å². The van der Waals surface area contributed by atoms with Crippen LogP contribution in [0, 0.1) is 12.3 Å². The van der Waals surface area contributed by atoms with Gasteiger partial charge in [0.05, 0.1) is 15.2 Å². The lowest BCUT2D eigenvalue weighted by atomic mass is 9.85. The lowest BCUT2D eigenvalue weighted by Crippen LogP contribution is -2.43. The van der Waals surface area contributed by atoms with Gasteiger partial charge in [-0.1, -0.05) is 66.6 Å². The molecule has 3 rings (SSSR count). The molecule has 0 unspecified atom stereocenters. The van der Waals surface area contributed by atoms with Crippen molar-refractivity contribution in [3.8, 4) is 18.1 Å². The van der Waals surface area contributed by atoms with E-state index in [9.17, 15) is 9.90 Å². The minimum Gasteiger partial charge on any atom is -0.479 e. The lowest BCUT2D eigenvalue weighted by Gasteiger charge is -2.27. The van der Waals surface area contributed by atoms with Crippen molar-refractivity contribution in [3.05, 3.63) is 98.4 Å². The van der Waals surface area contributed by atoms with Gasteiger partial charge in [0.25, 0.3) is 5.91 Å². The average Bonchev–Trinajstić information content (AvgIpc) is 2.79. The van der Waals surface area contributed by atoms with E-state index in [1.54, 1.807) is 60.7 Å². The first kappa shape index (κ1) is 22.8. The molecule has 7 heteroatoms. The molecule has 5 nitrogen and oxygen atoms in total. The first-order valence-electron chi connectivity index (χ1n) is 9.19. The molecule has 31 heavy (non-hydrogen) atoms. The van der Waals surface area contributed by atoms with E-state index in [-0.39, 0.29) is 6.61 Å².